The van der Waals surface area contributed by atoms with Crippen LogP contribution in [0.1, 0.15) is 0 Å². The molecular formula is C17H14FN3O3S. The number of anilines is 1. The lowest BCUT2D eigenvalue weighted by atomic mass is 10.1. The number of rotatable bonds is 5. The monoisotopic (exact) mass is 359 g/mol. The molecule has 0 aliphatic rings. The predicted molar refractivity (Wildman–Crippen MR) is 91.2 cm³/mol. The molecule has 2 aromatic carbocycles. The number of hydrogen-bond donors (Lipinski definition) is 1. The summed E-state index contributed by atoms with van der Waals surface area (Å²) in [6, 6.07) is 14.9. The Morgan fingerprint density at radius 2 is 1.76 bits per heavy atom. The lowest BCUT2D eigenvalue weighted by molar-refractivity contribution is 0.392. The second-order valence-electron chi connectivity index (χ2n) is 5.10. The van der Waals surface area contributed by atoms with Crippen molar-refractivity contribution < 1.29 is 17.5 Å². The maximum atomic E-state index is 13.2. The molecule has 0 saturated heterocycles. The molecule has 8 heteroatoms. The van der Waals surface area contributed by atoms with Crippen LogP contribution in [0.15, 0.2) is 65.6 Å². The van der Waals surface area contributed by atoms with E-state index in [2.05, 4.69) is 14.9 Å². The molecule has 6 nitrogen and oxygen atoms in total. The zero-order chi connectivity index (χ0) is 17.9. The number of ether oxygens (including phenoxy) is 1. The summed E-state index contributed by atoms with van der Waals surface area (Å²) in [5, 5.41) is 7.91. The molecule has 0 atom stereocenters. The molecule has 1 aromatic heterocycles. The molecule has 0 amide bonds. The third-order valence-corrected chi connectivity index (χ3v) is 4.77. The number of sulfonamides is 1. The van der Waals surface area contributed by atoms with Gasteiger partial charge in [0.05, 0.1) is 17.7 Å². The van der Waals surface area contributed by atoms with Gasteiger partial charge in [0.1, 0.15) is 5.82 Å². The Labute approximate surface area is 144 Å². The Morgan fingerprint density at radius 1 is 1.00 bits per heavy atom. The molecule has 0 spiro atoms. The second kappa shape index (κ2) is 6.86. The van der Waals surface area contributed by atoms with Crippen molar-refractivity contribution in [3.63, 3.8) is 0 Å². The average Bonchev–Trinajstić information content (AvgIpc) is 2.62. The van der Waals surface area contributed by atoms with E-state index in [1.807, 2.05) is 0 Å². The highest BCUT2D eigenvalue weighted by Gasteiger charge is 2.14. The van der Waals surface area contributed by atoms with Crippen LogP contribution in [-0.4, -0.2) is 25.7 Å². The van der Waals surface area contributed by atoms with E-state index in [1.165, 1.54) is 25.3 Å². The van der Waals surface area contributed by atoms with Crippen molar-refractivity contribution in [3.05, 3.63) is 66.5 Å². The highest BCUT2D eigenvalue weighted by Crippen LogP contribution is 2.22. The first-order chi connectivity index (χ1) is 12.0. The van der Waals surface area contributed by atoms with Crippen LogP contribution >= 0.6 is 0 Å². The maximum Gasteiger partial charge on any atom is 0.261 e. The minimum absolute atomic E-state index is 0.141. The molecule has 25 heavy (non-hydrogen) atoms. The van der Waals surface area contributed by atoms with Gasteiger partial charge in [0.15, 0.2) is 0 Å². The predicted octanol–water partition coefficient (Wildman–Crippen LogP) is 3.09. The van der Waals surface area contributed by atoms with Crippen molar-refractivity contribution in [1.29, 1.82) is 0 Å². The minimum Gasteiger partial charge on any atom is -0.480 e. The van der Waals surface area contributed by atoms with Crippen LogP contribution < -0.4 is 9.46 Å². The fourth-order valence-electron chi connectivity index (χ4n) is 2.14. The average molecular weight is 359 g/mol. The van der Waals surface area contributed by atoms with Gasteiger partial charge in [0.25, 0.3) is 10.0 Å². The van der Waals surface area contributed by atoms with E-state index in [-0.39, 0.29) is 4.90 Å². The zero-order valence-electron chi connectivity index (χ0n) is 13.2. The second-order valence-corrected chi connectivity index (χ2v) is 6.78. The Kier molecular flexibility index (Phi) is 4.62. The normalized spacial score (nSPS) is 11.1. The molecule has 0 bridgehead atoms. The van der Waals surface area contributed by atoms with E-state index in [4.69, 9.17) is 4.74 Å². The minimum atomic E-state index is -3.86. The molecule has 128 valence electrons. The van der Waals surface area contributed by atoms with E-state index in [0.29, 0.717) is 17.3 Å². The highest BCUT2D eigenvalue weighted by atomic mass is 32.2. The van der Waals surface area contributed by atoms with Gasteiger partial charge in [-0.1, -0.05) is 18.2 Å². The number of aromatic nitrogens is 2. The van der Waals surface area contributed by atoms with E-state index in [1.54, 1.807) is 36.4 Å². The van der Waals surface area contributed by atoms with Crippen LogP contribution in [0.4, 0.5) is 10.1 Å². The smallest absolute Gasteiger partial charge is 0.261 e. The Morgan fingerprint density at radius 3 is 2.36 bits per heavy atom. The number of nitrogens with one attached hydrogen (secondary N) is 1. The maximum absolute atomic E-state index is 13.2. The summed E-state index contributed by atoms with van der Waals surface area (Å²) in [6.07, 6.45) is 0. The molecule has 0 radical (unpaired) electrons. The third-order valence-electron chi connectivity index (χ3n) is 3.39. The molecule has 0 aliphatic carbocycles. The van der Waals surface area contributed by atoms with E-state index >= 15 is 0 Å². The fourth-order valence-corrected chi connectivity index (χ4v) is 3.23. The summed E-state index contributed by atoms with van der Waals surface area (Å²) in [5.41, 5.74) is 1.75. The molecule has 0 fully saturated rings. The highest BCUT2D eigenvalue weighted by molar-refractivity contribution is 7.92. The van der Waals surface area contributed by atoms with Gasteiger partial charge >= 0.3 is 0 Å². The lowest BCUT2D eigenvalue weighted by Crippen LogP contribution is -2.13. The van der Waals surface area contributed by atoms with Gasteiger partial charge in [0.2, 0.25) is 5.88 Å². The fraction of sp³-hybridized carbons (Fsp3) is 0.0588. The summed E-state index contributed by atoms with van der Waals surface area (Å²) in [5.74, 6) is -0.209. The number of halogens is 1. The van der Waals surface area contributed by atoms with E-state index in [9.17, 15) is 12.8 Å². The quantitative estimate of drug-likeness (QED) is 0.757. The van der Waals surface area contributed by atoms with Gasteiger partial charge in [-0.2, -0.15) is 0 Å². The van der Waals surface area contributed by atoms with Crippen LogP contribution in [0.3, 0.4) is 0 Å². The van der Waals surface area contributed by atoms with E-state index in [0.717, 1.165) is 11.6 Å². The van der Waals surface area contributed by atoms with Gasteiger partial charge in [-0.25, -0.2) is 12.8 Å². The molecule has 3 aromatic rings. The third kappa shape index (κ3) is 3.92. The van der Waals surface area contributed by atoms with Crippen molar-refractivity contribution in [2.45, 2.75) is 4.90 Å². The molecule has 1 heterocycles. The largest absolute Gasteiger partial charge is 0.480 e. The number of methoxy groups -OCH3 is 1. The first kappa shape index (κ1) is 16.8. The summed E-state index contributed by atoms with van der Waals surface area (Å²) < 4.78 is 45.1. The standard InChI is InChI=1S/C17H14FN3O3S/c1-24-17-10-9-16(19-20-17)12-5-7-14(8-6-12)21-25(22,23)15-4-2-3-13(18)11-15/h2-11,21H,1H3. The Bertz CT molecular complexity index is 975. The molecular weight excluding hydrogens is 345 g/mol. The molecule has 0 unspecified atom stereocenters. The van der Waals surface area contributed by atoms with Gasteiger partial charge in [-0.3, -0.25) is 4.72 Å². The number of hydrogen-bond acceptors (Lipinski definition) is 5. The van der Waals surface area contributed by atoms with Crippen LogP contribution in [0.2, 0.25) is 0 Å². The molecule has 3 rings (SSSR count). The van der Waals surface area contributed by atoms with Gasteiger partial charge in [0, 0.05) is 17.3 Å². The van der Waals surface area contributed by atoms with Crippen LogP contribution in [0, 0.1) is 5.82 Å². The summed E-state index contributed by atoms with van der Waals surface area (Å²) in [6.45, 7) is 0. The Balaban J connectivity index is 1.80. The van der Waals surface area contributed by atoms with E-state index < -0.39 is 15.8 Å². The van der Waals surface area contributed by atoms with Crippen molar-refractivity contribution >= 4 is 15.7 Å². The SMILES string of the molecule is COc1ccc(-c2ccc(NS(=O)(=O)c3cccc(F)c3)cc2)nn1. The molecule has 0 saturated carbocycles. The Hall–Kier alpha value is -3.00. The van der Waals surface area contributed by atoms with Crippen LogP contribution in [0.5, 0.6) is 5.88 Å². The van der Waals surface area contributed by atoms with Gasteiger partial charge in [-0.15, -0.1) is 10.2 Å². The summed E-state index contributed by atoms with van der Waals surface area (Å²) in [4.78, 5) is -0.141. The van der Waals surface area contributed by atoms with Gasteiger partial charge < -0.3 is 4.74 Å². The van der Waals surface area contributed by atoms with Crippen molar-refractivity contribution in [2.24, 2.45) is 0 Å². The molecule has 1 N–H and O–H groups in total. The van der Waals surface area contributed by atoms with Crippen LogP contribution in [0.25, 0.3) is 11.3 Å². The zero-order valence-corrected chi connectivity index (χ0v) is 14.0. The van der Waals surface area contributed by atoms with Crippen molar-refractivity contribution in [1.82, 2.24) is 10.2 Å². The molecule has 0 aliphatic heterocycles. The summed E-state index contributed by atoms with van der Waals surface area (Å²) in [7, 11) is -2.35. The van der Waals surface area contributed by atoms with Crippen molar-refractivity contribution in [3.8, 4) is 17.1 Å². The lowest BCUT2D eigenvalue weighted by Gasteiger charge is -2.09. The van der Waals surface area contributed by atoms with Gasteiger partial charge in [-0.05, 0) is 36.4 Å². The van der Waals surface area contributed by atoms with Crippen LogP contribution in [-0.2, 0) is 10.0 Å². The summed E-state index contributed by atoms with van der Waals surface area (Å²) >= 11 is 0. The number of benzene rings is 2. The first-order valence-electron chi connectivity index (χ1n) is 7.24. The number of nitrogens with zero attached hydrogens (tertiary/aromatic N) is 2. The first-order valence-corrected chi connectivity index (χ1v) is 8.73. The topological polar surface area (TPSA) is 81.2 Å². The van der Waals surface area contributed by atoms with Crippen molar-refractivity contribution in [2.75, 3.05) is 11.8 Å².